The van der Waals surface area contributed by atoms with Gasteiger partial charge in [-0.1, -0.05) is 51.1 Å². The molecule has 2 aromatic heterocycles. The molecule has 4 aromatic rings. The third kappa shape index (κ3) is 4.72. The largest absolute Gasteiger partial charge is 0.326 e. The van der Waals surface area contributed by atoms with Gasteiger partial charge in [0.15, 0.2) is 0 Å². The lowest BCUT2D eigenvalue weighted by Crippen LogP contribution is -2.27. The maximum Gasteiger partial charge on any atom is 0.229 e. The molecular weight excluding hydrogens is 424 g/mol. The molecule has 0 bridgehead atoms. The second kappa shape index (κ2) is 9.20. The van der Waals surface area contributed by atoms with Crippen LogP contribution in [0.15, 0.2) is 53.9 Å². The Bertz CT molecular complexity index is 1230. The van der Waals surface area contributed by atoms with Crippen LogP contribution in [-0.2, 0) is 21.2 Å². The van der Waals surface area contributed by atoms with Crippen molar-refractivity contribution in [1.29, 1.82) is 0 Å². The molecule has 0 saturated carbocycles. The van der Waals surface area contributed by atoms with Crippen molar-refractivity contribution in [3.8, 4) is 16.4 Å². The summed E-state index contributed by atoms with van der Waals surface area (Å²) in [5.74, 6) is -0.0456. The van der Waals surface area contributed by atoms with E-state index in [0.717, 1.165) is 33.5 Å². The first-order valence-corrected chi connectivity index (χ1v) is 11.3. The highest BCUT2D eigenvalue weighted by atomic mass is 32.1. The molecule has 2 aromatic carbocycles. The van der Waals surface area contributed by atoms with Crippen LogP contribution in [0.1, 0.15) is 33.4 Å². The van der Waals surface area contributed by atoms with Crippen LogP contribution < -0.4 is 5.32 Å². The summed E-state index contributed by atoms with van der Waals surface area (Å²) in [6.45, 7) is 8.27. The van der Waals surface area contributed by atoms with Gasteiger partial charge in [-0.15, -0.1) is 11.3 Å². The van der Waals surface area contributed by atoms with Gasteiger partial charge in [0.05, 0.1) is 17.8 Å². The van der Waals surface area contributed by atoms with Crippen LogP contribution in [0.5, 0.6) is 0 Å². The number of carbonyl (C=O) groups excluding carboxylic acids is 1. The lowest BCUT2D eigenvalue weighted by molar-refractivity contribution is -0.301. The van der Waals surface area contributed by atoms with Gasteiger partial charge in [-0.25, -0.2) is 19.4 Å². The number of nitrogens with zero attached hydrogens (tertiary/aromatic N) is 3. The second-order valence-electron chi connectivity index (χ2n) is 8.35. The molecule has 0 aliphatic rings. The summed E-state index contributed by atoms with van der Waals surface area (Å²) < 4.78 is 1.82. The molecule has 0 saturated heterocycles. The Morgan fingerprint density at radius 1 is 1.12 bits per heavy atom. The quantitative estimate of drug-likeness (QED) is 0.225. The molecular formula is C24H26N4O3S. The zero-order valence-corrected chi connectivity index (χ0v) is 19.4. The third-order valence-electron chi connectivity index (χ3n) is 4.80. The zero-order valence-electron chi connectivity index (χ0n) is 18.6. The molecule has 0 fully saturated rings. The van der Waals surface area contributed by atoms with Gasteiger partial charge in [0.25, 0.3) is 0 Å². The number of nitrogens with one attached hydrogen (secondary N) is 1. The summed E-state index contributed by atoms with van der Waals surface area (Å²) in [7, 11) is 0. The highest BCUT2D eigenvalue weighted by Crippen LogP contribution is 2.33. The molecule has 0 radical (unpaired) electrons. The SMILES string of the molecule is CCOOCc1csc(-n2nc(-c3ccccc3)c3ccc(NC(=O)C(C)(C)C)cc32)n1. The van der Waals surface area contributed by atoms with E-state index in [0.29, 0.717) is 11.7 Å². The Morgan fingerprint density at radius 2 is 1.91 bits per heavy atom. The average molecular weight is 451 g/mol. The smallest absolute Gasteiger partial charge is 0.229 e. The maximum atomic E-state index is 12.5. The summed E-state index contributed by atoms with van der Waals surface area (Å²) in [6, 6.07) is 15.9. The van der Waals surface area contributed by atoms with Crippen molar-refractivity contribution in [1.82, 2.24) is 14.8 Å². The number of fused-ring (bicyclic) bond motifs is 1. The van der Waals surface area contributed by atoms with Gasteiger partial charge in [-0.3, -0.25) is 4.79 Å². The Labute approximate surface area is 190 Å². The van der Waals surface area contributed by atoms with Crippen molar-refractivity contribution in [3.05, 3.63) is 59.6 Å². The van der Waals surface area contributed by atoms with Gasteiger partial charge < -0.3 is 5.32 Å². The van der Waals surface area contributed by atoms with E-state index in [1.807, 2.05) is 86.3 Å². The van der Waals surface area contributed by atoms with Gasteiger partial charge in [-0.2, -0.15) is 5.10 Å². The van der Waals surface area contributed by atoms with Gasteiger partial charge >= 0.3 is 0 Å². The molecule has 1 N–H and O–H groups in total. The summed E-state index contributed by atoms with van der Waals surface area (Å²) in [4.78, 5) is 27.3. The number of hydrogen-bond acceptors (Lipinski definition) is 6. The van der Waals surface area contributed by atoms with E-state index in [4.69, 9.17) is 14.9 Å². The molecule has 0 atom stereocenters. The van der Waals surface area contributed by atoms with Gasteiger partial charge in [0.2, 0.25) is 11.0 Å². The number of aromatic nitrogens is 3. The molecule has 1 amide bonds. The zero-order chi connectivity index (χ0) is 22.7. The van der Waals surface area contributed by atoms with Crippen molar-refractivity contribution in [2.75, 3.05) is 11.9 Å². The van der Waals surface area contributed by atoms with Gasteiger partial charge in [-0.05, 0) is 25.1 Å². The van der Waals surface area contributed by atoms with Crippen LogP contribution >= 0.6 is 11.3 Å². The molecule has 7 nitrogen and oxygen atoms in total. The monoisotopic (exact) mass is 450 g/mol. The van der Waals surface area contributed by atoms with E-state index >= 15 is 0 Å². The van der Waals surface area contributed by atoms with Crippen LogP contribution in [-0.4, -0.2) is 27.3 Å². The minimum atomic E-state index is -0.491. The summed E-state index contributed by atoms with van der Waals surface area (Å²) in [5, 5.41) is 11.5. The molecule has 2 heterocycles. The molecule has 32 heavy (non-hydrogen) atoms. The fourth-order valence-electron chi connectivity index (χ4n) is 3.11. The number of hydrogen-bond donors (Lipinski definition) is 1. The number of thiazole rings is 1. The Hall–Kier alpha value is -3.07. The molecule has 0 aliphatic carbocycles. The van der Waals surface area contributed by atoms with Crippen molar-refractivity contribution in [3.63, 3.8) is 0 Å². The molecule has 0 aliphatic heterocycles. The lowest BCUT2D eigenvalue weighted by atomic mass is 9.95. The van der Waals surface area contributed by atoms with Crippen molar-refractivity contribution in [2.45, 2.75) is 34.3 Å². The number of rotatable bonds is 7. The van der Waals surface area contributed by atoms with E-state index in [2.05, 4.69) is 10.3 Å². The van der Waals surface area contributed by atoms with Crippen LogP contribution in [0.3, 0.4) is 0 Å². The van der Waals surface area contributed by atoms with Crippen LogP contribution in [0.2, 0.25) is 0 Å². The standard InChI is InChI=1S/C24H26N4O3S/c1-5-30-31-14-18-15-32-23(26-18)28-20-13-17(25-22(29)24(2,3)4)11-12-19(20)21(27-28)16-9-7-6-8-10-16/h6-13,15H,5,14H2,1-4H3,(H,25,29). The number of amides is 1. The number of benzene rings is 2. The molecule has 0 spiro atoms. The molecule has 4 rings (SSSR count). The average Bonchev–Trinajstić information content (AvgIpc) is 3.38. The van der Waals surface area contributed by atoms with Crippen molar-refractivity contribution < 1.29 is 14.6 Å². The van der Waals surface area contributed by atoms with Crippen LogP contribution in [0.25, 0.3) is 27.3 Å². The fraction of sp³-hybridized carbons (Fsp3) is 0.292. The van der Waals surface area contributed by atoms with E-state index in [1.54, 1.807) is 0 Å². The molecule has 0 unspecified atom stereocenters. The normalized spacial score (nSPS) is 11.8. The van der Waals surface area contributed by atoms with E-state index in [-0.39, 0.29) is 12.5 Å². The Balaban J connectivity index is 1.78. The Kier molecular flexibility index (Phi) is 6.36. The fourth-order valence-corrected chi connectivity index (χ4v) is 3.88. The Morgan fingerprint density at radius 3 is 2.62 bits per heavy atom. The van der Waals surface area contributed by atoms with Crippen molar-refractivity contribution in [2.24, 2.45) is 5.41 Å². The number of anilines is 1. The molecule has 8 heteroatoms. The minimum absolute atomic E-state index is 0.0456. The van der Waals surface area contributed by atoms with E-state index in [9.17, 15) is 4.79 Å². The first-order valence-electron chi connectivity index (χ1n) is 10.5. The molecule has 166 valence electrons. The highest BCUT2D eigenvalue weighted by molar-refractivity contribution is 7.12. The lowest BCUT2D eigenvalue weighted by Gasteiger charge is -2.17. The maximum absolute atomic E-state index is 12.5. The van der Waals surface area contributed by atoms with Crippen LogP contribution in [0, 0.1) is 5.41 Å². The topological polar surface area (TPSA) is 78.3 Å². The van der Waals surface area contributed by atoms with Crippen molar-refractivity contribution >= 4 is 33.8 Å². The van der Waals surface area contributed by atoms with E-state index in [1.165, 1.54) is 11.3 Å². The summed E-state index contributed by atoms with van der Waals surface area (Å²) in [6.07, 6.45) is 0. The third-order valence-corrected chi connectivity index (χ3v) is 5.66. The van der Waals surface area contributed by atoms with Gasteiger partial charge in [0.1, 0.15) is 12.3 Å². The van der Waals surface area contributed by atoms with Crippen LogP contribution in [0.4, 0.5) is 5.69 Å². The first-order chi connectivity index (χ1) is 15.4. The minimum Gasteiger partial charge on any atom is -0.326 e. The van der Waals surface area contributed by atoms with Gasteiger partial charge in [0, 0.05) is 27.4 Å². The number of carbonyl (C=O) groups is 1. The summed E-state index contributed by atoms with van der Waals surface area (Å²) in [5.41, 5.74) is 3.73. The second-order valence-corrected chi connectivity index (χ2v) is 9.19. The summed E-state index contributed by atoms with van der Waals surface area (Å²) >= 11 is 1.47. The van der Waals surface area contributed by atoms with E-state index < -0.39 is 5.41 Å². The predicted molar refractivity (Wildman–Crippen MR) is 127 cm³/mol. The highest BCUT2D eigenvalue weighted by Gasteiger charge is 2.22. The predicted octanol–water partition coefficient (Wildman–Crippen LogP) is 5.60. The first kappa shape index (κ1) is 22.1.